The van der Waals surface area contributed by atoms with Crippen molar-refractivity contribution in [2.45, 2.75) is 18.1 Å². The van der Waals surface area contributed by atoms with Crippen LogP contribution in [0.25, 0.3) is 21.0 Å². The van der Waals surface area contributed by atoms with E-state index in [1.807, 2.05) is 11.8 Å². The molecule has 1 atom stereocenters. The minimum Gasteiger partial charge on any atom is -0.396 e. The van der Waals surface area contributed by atoms with E-state index in [1.165, 1.54) is 37.7 Å². The van der Waals surface area contributed by atoms with Gasteiger partial charge >= 0.3 is 0 Å². The van der Waals surface area contributed by atoms with Crippen molar-refractivity contribution < 1.29 is 5.11 Å². The van der Waals surface area contributed by atoms with Gasteiger partial charge in [-0.25, -0.2) is 0 Å². The first kappa shape index (κ1) is 16.7. The Morgan fingerprint density at radius 2 is 2.12 bits per heavy atom. The Labute approximate surface area is 155 Å². The number of H-pyrrole nitrogens is 1. The van der Waals surface area contributed by atoms with Crippen LogP contribution in [0, 0.1) is 0 Å². The zero-order valence-corrected chi connectivity index (χ0v) is 15.8. The predicted octanol–water partition coefficient (Wildman–Crippen LogP) is 5.76. The van der Waals surface area contributed by atoms with Gasteiger partial charge in [-0.05, 0) is 58.3 Å². The summed E-state index contributed by atoms with van der Waals surface area (Å²) in [4.78, 5) is 3.49. The Morgan fingerprint density at radius 1 is 1.20 bits per heavy atom. The number of aliphatic hydroxyl groups is 1. The van der Waals surface area contributed by atoms with E-state index in [9.17, 15) is 5.11 Å². The van der Waals surface area contributed by atoms with Crippen LogP contribution in [0.15, 0.2) is 54.0 Å². The highest BCUT2D eigenvalue weighted by Crippen LogP contribution is 2.36. The maximum atomic E-state index is 9.67. The maximum Gasteiger partial charge on any atom is 0.0498 e. The van der Waals surface area contributed by atoms with E-state index >= 15 is 0 Å². The lowest BCUT2D eigenvalue weighted by Gasteiger charge is -2.16. The van der Waals surface area contributed by atoms with Crippen molar-refractivity contribution in [3.05, 3.63) is 70.7 Å². The molecule has 4 heteroatoms. The summed E-state index contributed by atoms with van der Waals surface area (Å²) in [6, 6.07) is 15.4. The molecular formula is C21H21NOS2. The lowest BCUT2D eigenvalue weighted by molar-refractivity contribution is 0.282. The molecule has 0 aliphatic rings. The number of thioether (sulfide) groups is 1. The van der Waals surface area contributed by atoms with E-state index < -0.39 is 0 Å². The van der Waals surface area contributed by atoms with Gasteiger partial charge in [0, 0.05) is 40.1 Å². The fourth-order valence-corrected chi connectivity index (χ4v) is 4.96. The van der Waals surface area contributed by atoms with Crippen LogP contribution in [0.1, 0.15) is 29.0 Å². The molecule has 2 N–H and O–H groups in total. The number of rotatable bonds is 6. The standard InChI is InChI=1S/C21H21NOS2/c1-24-13-16-3-2-4-18-19(12-22-21(16)18)17(7-9-23)14-5-6-20-15(11-14)8-10-25-20/h2-6,8,10-12,17,22-23H,7,9,13H2,1H3. The second kappa shape index (κ2) is 7.24. The summed E-state index contributed by atoms with van der Waals surface area (Å²) in [5.74, 6) is 1.20. The van der Waals surface area contributed by atoms with Crippen LogP contribution in [-0.4, -0.2) is 23.0 Å². The SMILES string of the molecule is CSCc1cccc2c(C(CCO)c3ccc4sccc4c3)c[nH]c12. The molecule has 0 bridgehead atoms. The molecule has 0 saturated carbocycles. The number of aliphatic hydroxyl groups excluding tert-OH is 1. The van der Waals surface area contributed by atoms with Gasteiger partial charge < -0.3 is 10.1 Å². The topological polar surface area (TPSA) is 36.0 Å². The second-order valence-electron chi connectivity index (χ2n) is 6.30. The van der Waals surface area contributed by atoms with Crippen molar-refractivity contribution >= 4 is 44.1 Å². The first-order valence-electron chi connectivity index (χ1n) is 8.47. The number of fused-ring (bicyclic) bond motifs is 2. The first-order chi connectivity index (χ1) is 12.3. The summed E-state index contributed by atoms with van der Waals surface area (Å²) in [7, 11) is 0. The van der Waals surface area contributed by atoms with E-state index in [1.54, 1.807) is 11.3 Å². The molecule has 2 nitrogen and oxygen atoms in total. The van der Waals surface area contributed by atoms with Crippen molar-refractivity contribution in [1.82, 2.24) is 4.98 Å². The van der Waals surface area contributed by atoms with E-state index in [4.69, 9.17) is 0 Å². The number of hydrogen-bond donors (Lipinski definition) is 2. The van der Waals surface area contributed by atoms with Crippen molar-refractivity contribution in [2.24, 2.45) is 0 Å². The third-order valence-electron chi connectivity index (χ3n) is 4.81. The smallest absolute Gasteiger partial charge is 0.0498 e. The van der Waals surface area contributed by atoms with Gasteiger partial charge in [0.15, 0.2) is 0 Å². The monoisotopic (exact) mass is 367 g/mol. The fraction of sp³-hybridized carbons (Fsp3) is 0.238. The Balaban J connectivity index is 1.83. The summed E-state index contributed by atoms with van der Waals surface area (Å²) in [5, 5.41) is 14.4. The molecule has 0 aliphatic carbocycles. The molecule has 0 fully saturated rings. The highest BCUT2D eigenvalue weighted by atomic mass is 32.2. The summed E-state index contributed by atoms with van der Waals surface area (Å²) in [5.41, 5.74) is 5.12. The van der Waals surface area contributed by atoms with Gasteiger partial charge in [0.05, 0.1) is 0 Å². The molecule has 0 spiro atoms. The highest BCUT2D eigenvalue weighted by Gasteiger charge is 2.19. The average molecular weight is 368 g/mol. The number of hydrogen-bond acceptors (Lipinski definition) is 3. The number of aromatic nitrogens is 1. The second-order valence-corrected chi connectivity index (χ2v) is 8.11. The minimum absolute atomic E-state index is 0.184. The van der Waals surface area contributed by atoms with Gasteiger partial charge in [-0.2, -0.15) is 11.8 Å². The normalized spacial score (nSPS) is 12.9. The zero-order chi connectivity index (χ0) is 17.2. The fourth-order valence-electron chi connectivity index (χ4n) is 3.64. The van der Waals surface area contributed by atoms with Crippen molar-refractivity contribution in [2.75, 3.05) is 12.9 Å². The van der Waals surface area contributed by atoms with Crippen LogP contribution in [0.3, 0.4) is 0 Å². The lowest BCUT2D eigenvalue weighted by Crippen LogP contribution is -2.03. The molecule has 25 heavy (non-hydrogen) atoms. The van der Waals surface area contributed by atoms with Crippen LogP contribution < -0.4 is 0 Å². The number of para-hydroxylation sites is 1. The van der Waals surface area contributed by atoms with Crippen LogP contribution in [0.2, 0.25) is 0 Å². The van der Waals surface area contributed by atoms with E-state index in [-0.39, 0.29) is 12.5 Å². The Morgan fingerprint density at radius 3 is 2.96 bits per heavy atom. The van der Waals surface area contributed by atoms with Crippen LogP contribution >= 0.6 is 23.1 Å². The van der Waals surface area contributed by atoms with E-state index in [0.717, 1.165) is 12.2 Å². The van der Waals surface area contributed by atoms with Gasteiger partial charge in [0.2, 0.25) is 0 Å². The van der Waals surface area contributed by atoms with Gasteiger partial charge in [0.1, 0.15) is 0 Å². The molecule has 2 heterocycles. The number of nitrogens with one attached hydrogen (secondary N) is 1. The lowest BCUT2D eigenvalue weighted by atomic mass is 9.88. The quantitative estimate of drug-likeness (QED) is 0.454. The van der Waals surface area contributed by atoms with E-state index in [2.05, 4.69) is 65.3 Å². The molecule has 0 saturated heterocycles. The molecule has 2 aromatic heterocycles. The van der Waals surface area contributed by atoms with Gasteiger partial charge in [-0.1, -0.05) is 24.3 Å². The van der Waals surface area contributed by atoms with E-state index in [0.29, 0.717) is 0 Å². The third kappa shape index (κ3) is 3.10. The molecule has 2 aromatic carbocycles. The molecule has 0 amide bonds. The molecule has 128 valence electrons. The van der Waals surface area contributed by atoms with Gasteiger partial charge in [-0.3, -0.25) is 0 Å². The van der Waals surface area contributed by atoms with Crippen LogP contribution in [0.4, 0.5) is 0 Å². The summed E-state index contributed by atoms with van der Waals surface area (Å²) < 4.78 is 1.31. The maximum absolute atomic E-state index is 9.67. The summed E-state index contributed by atoms with van der Waals surface area (Å²) in [6.07, 6.45) is 5.00. The largest absolute Gasteiger partial charge is 0.396 e. The van der Waals surface area contributed by atoms with Crippen LogP contribution in [-0.2, 0) is 5.75 Å². The predicted molar refractivity (Wildman–Crippen MR) is 111 cm³/mol. The first-order valence-corrected chi connectivity index (χ1v) is 10.7. The number of thiophene rings is 1. The van der Waals surface area contributed by atoms with Gasteiger partial charge in [0.25, 0.3) is 0 Å². The molecule has 0 aliphatic heterocycles. The van der Waals surface area contributed by atoms with Crippen molar-refractivity contribution in [3.8, 4) is 0 Å². The van der Waals surface area contributed by atoms with Gasteiger partial charge in [-0.15, -0.1) is 11.3 Å². The summed E-state index contributed by atoms with van der Waals surface area (Å²) >= 11 is 3.61. The molecule has 4 aromatic rings. The summed E-state index contributed by atoms with van der Waals surface area (Å²) in [6.45, 7) is 0.184. The third-order valence-corrected chi connectivity index (χ3v) is 6.30. The molecule has 0 radical (unpaired) electrons. The molecule has 1 unspecified atom stereocenters. The Bertz CT molecular complexity index is 1000. The number of benzene rings is 2. The number of aromatic amines is 1. The average Bonchev–Trinajstić information content (AvgIpc) is 3.27. The zero-order valence-electron chi connectivity index (χ0n) is 14.2. The Kier molecular flexibility index (Phi) is 4.84. The Hall–Kier alpha value is -1.75. The highest BCUT2D eigenvalue weighted by molar-refractivity contribution is 7.97. The molecule has 4 rings (SSSR count). The minimum atomic E-state index is 0.184. The van der Waals surface area contributed by atoms with Crippen LogP contribution in [0.5, 0.6) is 0 Å². The van der Waals surface area contributed by atoms with Crippen molar-refractivity contribution in [3.63, 3.8) is 0 Å². The molecular weight excluding hydrogens is 346 g/mol. The van der Waals surface area contributed by atoms with Crippen molar-refractivity contribution in [1.29, 1.82) is 0 Å².